The van der Waals surface area contributed by atoms with Crippen LogP contribution in [-0.4, -0.2) is 18.8 Å². The first-order valence-corrected chi connectivity index (χ1v) is 6.69. The predicted molar refractivity (Wildman–Crippen MR) is 77.8 cm³/mol. The second-order valence-electron chi connectivity index (χ2n) is 4.86. The van der Waals surface area contributed by atoms with Crippen molar-refractivity contribution in [3.8, 4) is 5.75 Å². The molecule has 2 rings (SSSR count). The van der Waals surface area contributed by atoms with Gasteiger partial charge in [-0.3, -0.25) is 0 Å². The first kappa shape index (κ1) is 14.6. The number of methoxy groups -OCH3 is 1. The van der Waals surface area contributed by atoms with Gasteiger partial charge in [0.05, 0.1) is 13.2 Å². The van der Waals surface area contributed by atoms with Gasteiger partial charge in [-0.15, -0.1) is 0 Å². The average Bonchev–Trinajstić information content (AvgIpc) is 2.77. The minimum atomic E-state index is -0.557. The predicted octanol–water partition coefficient (Wildman–Crippen LogP) is 2.73. The first-order valence-electron chi connectivity index (χ1n) is 6.69. The molecule has 1 unspecified atom stereocenters. The highest BCUT2D eigenvalue weighted by Gasteiger charge is 2.09. The molecule has 0 bridgehead atoms. The molecule has 0 aliphatic heterocycles. The van der Waals surface area contributed by atoms with Crippen LogP contribution in [0.2, 0.25) is 0 Å². The van der Waals surface area contributed by atoms with E-state index in [4.69, 9.17) is 9.15 Å². The molecule has 0 aliphatic carbocycles. The maximum Gasteiger partial charge on any atom is 0.119 e. The van der Waals surface area contributed by atoms with Gasteiger partial charge < -0.3 is 19.6 Å². The standard InChI is InChI=1S/C16H21NO3/c1-11-7-14(12(2)20-11)9-17-10-16(18)13-5-4-6-15(8-13)19-3/h4-8,16-18H,9-10H2,1-3H3. The summed E-state index contributed by atoms with van der Waals surface area (Å²) in [6.07, 6.45) is -0.557. The summed E-state index contributed by atoms with van der Waals surface area (Å²) in [5.74, 6) is 2.58. The highest BCUT2D eigenvalue weighted by Crippen LogP contribution is 2.19. The van der Waals surface area contributed by atoms with Gasteiger partial charge in [0, 0.05) is 18.7 Å². The fourth-order valence-corrected chi connectivity index (χ4v) is 2.17. The van der Waals surface area contributed by atoms with Crippen molar-refractivity contribution in [1.82, 2.24) is 5.32 Å². The van der Waals surface area contributed by atoms with E-state index in [0.29, 0.717) is 13.1 Å². The lowest BCUT2D eigenvalue weighted by atomic mass is 10.1. The van der Waals surface area contributed by atoms with Crippen molar-refractivity contribution < 1.29 is 14.3 Å². The van der Waals surface area contributed by atoms with E-state index in [1.54, 1.807) is 7.11 Å². The van der Waals surface area contributed by atoms with E-state index in [-0.39, 0.29) is 0 Å². The second-order valence-corrected chi connectivity index (χ2v) is 4.86. The van der Waals surface area contributed by atoms with Crippen LogP contribution in [0.4, 0.5) is 0 Å². The van der Waals surface area contributed by atoms with Gasteiger partial charge in [0.2, 0.25) is 0 Å². The van der Waals surface area contributed by atoms with E-state index in [1.165, 1.54) is 0 Å². The molecule has 0 saturated carbocycles. The number of aryl methyl sites for hydroxylation is 2. The number of benzene rings is 1. The quantitative estimate of drug-likeness (QED) is 0.851. The molecular weight excluding hydrogens is 254 g/mol. The highest BCUT2D eigenvalue weighted by atomic mass is 16.5. The summed E-state index contributed by atoms with van der Waals surface area (Å²) in [4.78, 5) is 0. The Morgan fingerprint density at radius 3 is 2.75 bits per heavy atom. The minimum absolute atomic E-state index is 0.483. The summed E-state index contributed by atoms with van der Waals surface area (Å²) in [6.45, 7) is 5.05. The average molecular weight is 275 g/mol. The molecule has 1 atom stereocenters. The molecule has 1 aromatic carbocycles. The van der Waals surface area contributed by atoms with Crippen LogP contribution in [0.25, 0.3) is 0 Å². The van der Waals surface area contributed by atoms with Crippen LogP contribution in [-0.2, 0) is 6.54 Å². The molecule has 0 spiro atoms. The number of furan rings is 1. The zero-order valence-electron chi connectivity index (χ0n) is 12.1. The minimum Gasteiger partial charge on any atom is -0.497 e. The third kappa shape index (κ3) is 3.62. The third-order valence-corrected chi connectivity index (χ3v) is 3.28. The van der Waals surface area contributed by atoms with Crippen molar-refractivity contribution in [3.63, 3.8) is 0 Å². The Kier molecular flexibility index (Phi) is 4.82. The Hall–Kier alpha value is -1.78. The summed E-state index contributed by atoms with van der Waals surface area (Å²) in [6, 6.07) is 9.49. The van der Waals surface area contributed by atoms with E-state index < -0.39 is 6.10 Å². The maximum absolute atomic E-state index is 10.2. The van der Waals surface area contributed by atoms with E-state index in [2.05, 4.69) is 5.32 Å². The Balaban J connectivity index is 1.88. The number of aliphatic hydroxyl groups excluding tert-OH is 1. The Morgan fingerprint density at radius 2 is 2.10 bits per heavy atom. The van der Waals surface area contributed by atoms with Gasteiger partial charge in [0.1, 0.15) is 17.3 Å². The molecule has 2 N–H and O–H groups in total. The monoisotopic (exact) mass is 275 g/mol. The lowest BCUT2D eigenvalue weighted by molar-refractivity contribution is 0.174. The molecular formula is C16H21NO3. The summed E-state index contributed by atoms with van der Waals surface area (Å²) in [7, 11) is 1.62. The summed E-state index contributed by atoms with van der Waals surface area (Å²) >= 11 is 0. The van der Waals surface area contributed by atoms with Crippen molar-refractivity contribution >= 4 is 0 Å². The number of aliphatic hydroxyl groups is 1. The molecule has 2 aromatic rings. The number of ether oxygens (including phenoxy) is 1. The topological polar surface area (TPSA) is 54.6 Å². The van der Waals surface area contributed by atoms with Crippen LogP contribution in [0.5, 0.6) is 5.75 Å². The zero-order valence-corrected chi connectivity index (χ0v) is 12.1. The van der Waals surface area contributed by atoms with Crippen molar-refractivity contribution in [3.05, 3.63) is 53.0 Å². The molecule has 108 valence electrons. The summed E-state index contributed by atoms with van der Waals surface area (Å²) in [5.41, 5.74) is 1.97. The molecule has 20 heavy (non-hydrogen) atoms. The maximum atomic E-state index is 10.2. The number of hydrogen-bond donors (Lipinski definition) is 2. The third-order valence-electron chi connectivity index (χ3n) is 3.28. The van der Waals surface area contributed by atoms with Crippen LogP contribution in [0.3, 0.4) is 0 Å². The zero-order chi connectivity index (χ0) is 14.5. The second kappa shape index (κ2) is 6.59. The van der Waals surface area contributed by atoms with Gasteiger partial charge in [-0.1, -0.05) is 12.1 Å². The number of rotatable bonds is 6. The van der Waals surface area contributed by atoms with Crippen molar-refractivity contribution in [1.29, 1.82) is 0 Å². The van der Waals surface area contributed by atoms with Crippen molar-refractivity contribution in [2.75, 3.05) is 13.7 Å². The van der Waals surface area contributed by atoms with Gasteiger partial charge in [-0.2, -0.15) is 0 Å². The first-order chi connectivity index (χ1) is 9.60. The van der Waals surface area contributed by atoms with Gasteiger partial charge in [-0.05, 0) is 37.6 Å². The van der Waals surface area contributed by atoms with Crippen LogP contribution in [0, 0.1) is 13.8 Å². The number of hydrogen-bond acceptors (Lipinski definition) is 4. The van der Waals surface area contributed by atoms with Crippen LogP contribution >= 0.6 is 0 Å². The lowest BCUT2D eigenvalue weighted by Gasteiger charge is -2.13. The van der Waals surface area contributed by atoms with Crippen LogP contribution in [0.1, 0.15) is 28.8 Å². The molecule has 0 radical (unpaired) electrons. The highest BCUT2D eigenvalue weighted by molar-refractivity contribution is 5.30. The lowest BCUT2D eigenvalue weighted by Crippen LogP contribution is -2.21. The smallest absolute Gasteiger partial charge is 0.119 e. The molecule has 0 amide bonds. The van der Waals surface area contributed by atoms with E-state index >= 15 is 0 Å². The molecule has 4 heteroatoms. The van der Waals surface area contributed by atoms with E-state index in [0.717, 1.165) is 28.4 Å². The van der Waals surface area contributed by atoms with Gasteiger partial charge in [-0.25, -0.2) is 0 Å². The summed E-state index contributed by atoms with van der Waals surface area (Å²) < 4.78 is 10.6. The Labute approximate surface area is 119 Å². The van der Waals surface area contributed by atoms with Gasteiger partial charge >= 0.3 is 0 Å². The molecule has 4 nitrogen and oxygen atoms in total. The SMILES string of the molecule is COc1cccc(C(O)CNCc2cc(C)oc2C)c1. The number of nitrogens with one attached hydrogen (secondary N) is 1. The van der Waals surface area contributed by atoms with Crippen molar-refractivity contribution in [2.24, 2.45) is 0 Å². The molecule has 1 heterocycles. The van der Waals surface area contributed by atoms with Crippen molar-refractivity contribution in [2.45, 2.75) is 26.5 Å². The summed E-state index contributed by atoms with van der Waals surface area (Å²) in [5, 5.41) is 13.4. The molecule has 0 aliphatic rings. The molecule has 0 fully saturated rings. The fourth-order valence-electron chi connectivity index (χ4n) is 2.17. The van der Waals surface area contributed by atoms with Gasteiger partial charge in [0.25, 0.3) is 0 Å². The molecule has 1 aromatic heterocycles. The van der Waals surface area contributed by atoms with E-state index in [9.17, 15) is 5.11 Å². The van der Waals surface area contributed by atoms with E-state index in [1.807, 2.05) is 44.2 Å². The van der Waals surface area contributed by atoms with Gasteiger partial charge in [0.15, 0.2) is 0 Å². The van der Waals surface area contributed by atoms with Crippen LogP contribution in [0.15, 0.2) is 34.7 Å². The largest absolute Gasteiger partial charge is 0.497 e. The Bertz CT molecular complexity index is 563. The Morgan fingerprint density at radius 1 is 1.30 bits per heavy atom. The van der Waals surface area contributed by atoms with Crippen LogP contribution < -0.4 is 10.1 Å². The molecule has 0 saturated heterocycles. The normalized spacial score (nSPS) is 12.4. The fraction of sp³-hybridized carbons (Fsp3) is 0.375.